The van der Waals surface area contributed by atoms with Gasteiger partial charge in [-0.1, -0.05) is 32.9 Å². The van der Waals surface area contributed by atoms with Crippen molar-refractivity contribution in [1.29, 1.82) is 0 Å². The van der Waals surface area contributed by atoms with Gasteiger partial charge in [-0.2, -0.15) is 0 Å². The molecular weight excluding hydrogens is 449 g/mol. The summed E-state index contributed by atoms with van der Waals surface area (Å²) in [5, 5.41) is 10.3. The molecule has 35 heavy (non-hydrogen) atoms. The molecule has 1 heterocycles. The van der Waals surface area contributed by atoms with Gasteiger partial charge in [-0.05, 0) is 62.0 Å². The topological polar surface area (TPSA) is 76.1 Å². The molecule has 1 amide bonds. The lowest BCUT2D eigenvalue weighted by Crippen LogP contribution is -2.43. The van der Waals surface area contributed by atoms with Gasteiger partial charge in [-0.3, -0.25) is 4.79 Å². The number of benzene rings is 1. The number of aliphatic hydroxyl groups excluding tert-OH is 1. The highest BCUT2D eigenvalue weighted by molar-refractivity contribution is 5.98. The Morgan fingerprint density at radius 2 is 2.00 bits per heavy atom. The summed E-state index contributed by atoms with van der Waals surface area (Å²) >= 11 is 0. The fourth-order valence-electron chi connectivity index (χ4n) is 6.07. The van der Waals surface area contributed by atoms with Crippen molar-refractivity contribution in [2.45, 2.75) is 77.4 Å². The normalized spacial score (nSPS) is 30.9. The zero-order chi connectivity index (χ0) is 25.5. The lowest BCUT2D eigenvalue weighted by atomic mass is 9.67. The van der Waals surface area contributed by atoms with Crippen LogP contribution in [0.1, 0.15) is 81.1 Å². The highest BCUT2D eigenvalue weighted by atomic mass is 19.1. The van der Waals surface area contributed by atoms with Crippen LogP contribution in [-0.4, -0.2) is 54.3 Å². The molecule has 192 valence electrons. The quantitative estimate of drug-likeness (QED) is 0.440. The maximum absolute atomic E-state index is 15.4. The number of esters is 1. The van der Waals surface area contributed by atoms with E-state index in [2.05, 4.69) is 20.4 Å². The van der Waals surface area contributed by atoms with Gasteiger partial charge in [0.15, 0.2) is 0 Å². The Kier molecular flexibility index (Phi) is 7.28. The molecule has 0 bridgehead atoms. The summed E-state index contributed by atoms with van der Waals surface area (Å²) in [6.45, 7) is 10.8. The van der Waals surface area contributed by atoms with Crippen LogP contribution >= 0.6 is 0 Å². The maximum Gasteiger partial charge on any atom is 0.328 e. The molecule has 1 aromatic rings. The van der Waals surface area contributed by atoms with E-state index in [1.165, 1.54) is 23.6 Å². The van der Waals surface area contributed by atoms with Crippen LogP contribution in [0.25, 0.3) is 0 Å². The molecule has 0 radical (unpaired) electrons. The lowest BCUT2D eigenvalue weighted by Gasteiger charge is -2.40. The first-order chi connectivity index (χ1) is 16.6. The monoisotopic (exact) mass is 487 g/mol. The van der Waals surface area contributed by atoms with Gasteiger partial charge in [0.05, 0.1) is 25.4 Å². The van der Waals surface area contributed by atoms with Crippen LogP contribution in [0.4, 0.5) is 4.39 Å². The predicted molar refractivity (Wildman–Crippen MR) is 131 cm³/mol. The number of methoxy groups -OCH3 is 1. The number of hydrogen-bond acceptors (Lipinski definition) is 5. The first-order valence-corrected chi connectivity index (χ1v) is 12.8. The van der Waals surface area contributed by atoms with E-state index < -0.39 is 35.8 Å². The number of allylic oxidation sites excluding steroid dienone is 1. The van der Waals surface area contributed by atoms with Gasteiger partial charge in [0.25, 0.3) is 5.91 Å². The van der Waals surface area contributed by atoms with Gasteiger partial charge in [-0.25, -0.2) is 9.18 Å². The Morgan fingerprint density at radius 3 is 2.60 bits per heavy atom. The first kappa shape index (κ1) is 25.7. The molecule has 2 aliphatic carbocycles. The van der Waals surface area contributed by atoms with Crippen LogP contribution in [0, 0.1) is 23.1 Å². The third-order valence-corrected chi connectivity index (χ3v) is 8.20. The largest absolute Gasteiger partial charge is 0.493 e. The summed E-state index contributed by atoms with van der Waals surface area (Å²) in [5.74, 6) is -1.14. The predicted octanol–water partition coefficient (Wildman–Crippen LogP) is 4.85. The second-order valence-electron chi connectivity index (χ2n) is 11.1. The van der Waals surface area contributed by atoms with E-state index in [0.717, 1.165) is 44.1 Å². The van der Waals surface area contributed by atoms with Crippen LogP contribution in [0.15, 0.2) is 24.3 Å². The summed E-state index contributed by atoms with van der Waals surface area (Å²) in [4.78, 5) is 27.0. The number of carbonyl (C=O) groups excluding carboxylic acids is 2. The van der Waals surface area contributed by atoms with Crippen molar-refractivity contribution in [2.24, 2.45) is 17.3 Å². The van der Waals surface area contributed by atoms with Crippen LogP contribution < -0.4 is 4.74 Å². The Hall–Kier alpha value is -2.41. The second-order valence-corrected chi connectivity index (χ2v) is 11.1. The number of amides is 1. The molecule has 2 saturated carbocycles. The fourth-order valence-corrected chi connectivity index (χ4v) is 6.07. The molecule has 4 rings (SSSR count). The summed E-state index contributed by atoms with van der Waals surface area (Å²) < 4.78 is 26.5. The van der Waals surface area contributed by atoms with E-state index in [1.54, 1.807) is 13.0 Å². The number of halogens is 1. The van der Waals surface area contributed by atoms with Crippen molar-refractivity contribution in [2.75, 3.05) is 20.3 Å². The summed E-state index contributed by atoms with van der Waals surface area (Å²) in [6.07, 6.45) is 5.00. The summed E-state index contributed by atoms with van der Waals surface area (Å²) in [6, 6.07) is 1.97. The molecule has 1 aromatic carbocycles. The van der Waals surface area contributed by atoms with Crippen LogP contribution in [0.2, 0.25) is 0 Å². The Balaban J connectivity index is 1.60. The molecule has 0 aromatic heterocycles. The van der Waals surface area contributed by atoms with Crippen molar-refractivity contribution in [3.05, 3.63) is 41.2 Å². The summed E-state index contributed by atoms with van der Waals surface area (Å²) in [5.41, 5.74) is 1.96. The minimum Gasteiger partial charge on any atom is -0.493 e. The minimum atomic E-state index is -0.951. The smallest absolute Gasteiger partial charge is 0.328 e. The molecule has 7 heteroatoms. The molecule has 1 aliphatic heterocycles. The number of ether oxygens (including phenoxy) is 2. The summed E-state index contributed by atoms with van der Waals surface area (Å²) in [7, 11) is 1.24. The van der Waals surface area contributed by atoms with Crippen LogP contribution in [0.3, 0.4) is 0 Å². The lowest BCUT2D eigenvalue weighted by molar-refractivity contribution is -0.146. The number of rotatable bonds is 7. The van der Waals surface area contributed by atoms with Crippen molar-refractivity contribution in [3.8, 4) is 5.75 Å². The van der Waals surface area contributed by atoms with Crippen molar-refractivity contribution >= 4 is 11.9 Å². The average molecular weight is 488 g/mol. The highest BCUT2D eigenvalue weighted by Crippen LogP contribution is 2.48. The molecule has 3 aliphatic rings. The van der Waals surface area contributed by atoms with Crippen molar-refractivity contribution in [1.82, 2.24) is 4.90 Å². The van der Waals surface area contributed by atoms with E-state index in [9.17, 15) is 14.7 Å². The van der Waals surface area contributed by atoms with E-state index in [0.29, 0.717) is 18.3 Å². The van der Waals surface area contributed by atoms with Gasteiger partial charge in [0.2, 0.25) is 0 Å². The number of β-amino-alcohol motifs (C(OH)–C–C–N with tert-alkyl or cyclic N) is 1. The van der Waals surface area contributed by atoms with Crippen molar-refractivity contribution in [3.63, 3.8) is 0 Å². The van der Waals surface area contributed by atoms with E-state index in [4.69, 9.17) is 9.47 Å². The van der Waals surface area contributed by atoms with E-state index in [-0.39, 0.29) is 23.4 Å². The van der Waals surface area contributed by atoms with E-state index in [1.807, 2.05) is 0 Å². The first-order valence-electron chi connectivity index (χ1n) is 12.8. The van der Waals surface area contributed by atoms with Crippen LogP contribution in [-0.2, 0) is 9.53 Å². The Morgan fingerprint density at radius 1 is 1.29 bits per heavy atom. The van der Waals surface area contributed by atoms with Crippen LogP contribution in [0.5, 0.6) is 5.75 Å². The zero-order valence-electron chi connectivity index (χ0n) is 21.3. The molecule has 1 saturated heterocycles. The molecule has 6 nitrogen and oxygen atoms in total. The van der Waals surface area contributed by atoms with Gasteiger partial charge < -0.3 is 19.5 Å². The SMILES string of the molecule is C=C1CC(C)CC(CC)(COc2cc(F)c(C(=O)N3C[C@H](O)C(C)[C@H]3C(=O)OC)cc2C2CC2)C1. The molecule has 0 spiro atoms. The van der Waals surface area contributed by atoms with Gasteiger partial charge in [0, 0.05) is 23.9 Å². The highest BCUT2D eigenvalue weighted by Gasteiger charge is 2.46. The number of hydrogen-bond donors (Lipinski definition) is 1. The molecule has 1 N–H and O–H groups in total. The minimum absolute atomic E-state index is 0.0178. The standard InChI is InChI=1S/C28H38FNO5/c1-6-28(12-16(2)9-17(3)13-28)15-35-24-11-22(29)21(10-20(24)19-7-8-19)26(32)30-14-23(31)18(4)25(30)27(33)34-5/h10-11,17-19,23,25,31H,2,6-9,12-15H2,1,3-5H3/t17?,18?,23-,25-,28?/m0/s1. The van der Waals surface area contributed by atoms with Gasteiger partial charge in [0.1, 0.15) is 17.6 Å². The third kappa shape index (κ3) is 5.11. The third-order valence-electron chi connectivity index (χ3n) is 8.20. The molecule has 3 unspecified atom stereocenters. The number of aliphatic hydroxyl groups is 1. The number of nitrogens with zero attached hydrogens (tertiary/aromatic N) is 1. The second kappa shape index (κ2) is 9.92. The fraction of sp³-hybridized carbons (Fsp3) is 0.643. The average Bonchev–Trinajstić information content (AvgIpc) is 3.61. The Bertz CT molecular complexity index is 1010. The van der Waals surface area contributed by atoms with Gasteiger partial charge >= 0.3 is 5.97 Å². The molecule has 5 atom stereocenters. The zero-order valence-corrected chi connectivity index (χ0v) is 21.3. The number of likely N-dealkylation sites (tertiary alicyclic amines) is 1. The molecular formula is C28H38FNO5. The maximum atomic E-state index is 15.4. The molecule has 3 fully saturated rings. The van der Waals surface area contributed by atoms with Crippen molar-refractivity contribution < 1.29 is 28.6 Å². The number of carbonyl (C=O) groups is 2. The van der Waals surface area contributed by atoms with E-state index >= 15 is 4.39 Å². The van der Waals surface area contributed by atoms with Gasteiger partial charge in [-0.15, -0.1) is 0 Å². The Labute approximate surface area is 207 Å².